The third-order valence-electron chi connectivity index (χ3n) is 5.93. The fourth-order valence-electron chi connectivity index (χ4n) is 4.28. The summed E-state index contributed by atoms with van der Waals surface area (Å²) < 4.78 is 50.9. The first kappa shape index (κ1) is 19.2. The molecule has 1 fully saturated rings. The Kier molecular flexibility index (Phi) is 5.89. The van der Waals surface area contributed by atoms with E-state index >= 15 is 0 Å². The van der Waals surface area contributed by atoms with Crippen molar-refractivity contribution in [3.05, 3.63) is 52.9 Å². The van der Waals surface area contributed by atoms with Crippen LogP contribution in [0.25, 0.3) is 6.08 Å². The Hall–Kier alpha value is -1.58. The SMILES string of the molecule is CC1CCC(C2=CCC(c3ccc(/C=C/C(F)(F)F)c(F)c3)CC2)CC1. The molecule has 4 heteroatoms. The molecule has 0 nitrogen and oxygen atoms in total. The summed E-state index contributed by atoms with van der Waals surface area (Å²) in [6.07, 6.45) is 6.92. The minimum atomic E-state index is -4.42. The summed E-state index contributed by atoms with van der Waals surface area (Å²) in [6, 6.07) is 4.63. The van der Waals surface area contributed by atoms with Gasteiger partial charge in [0.15, 0.2) is 0 Å². The van der Waals surface area contributed by atoms with Gasteiger partial charge in [-0.1, -0.05) is 43.5 Å². The number of alkyl halides is 3. The van der Waals surface area contributed by atoms with Crippen LogP contribution in [0.3, 0.4) is 0 Å². The lowest BCUT2D eigenvalue weighted by Crippen LogP contribution is -2.17. The minimum Gasteiger partial charge on any atom is -0.206 e. The summed E-state index contributed by atoms with van der Waals surface area (Å²) in [5.41, 5.74) is 2.44. The van der Waals surface area contributed by atoms with Crippen LogP contribution >= 0.6 is 0 Å². The lowest BCUT2D eigenvalue weighted by Gasteiger charge is -2.32. The highest BCUT2D eigenvalue weighted by Crippen LogP contribution is 2.40. The van der Waals surface area contributed by atoms with Crippen LogP contribution < -0.4 is 0 Å². The van der Waals surface area contributed by atoms with E-state index in [0.29, 0.717) is 0 Å². The molecule has 0 radical (unpaired) electrons. The first-order valence-electron chi connectivity index (χ1n) is 9.56. The molecule has 2 aliphatic rings. The van der Waals surface area contributed by atoms with Crippen molar-refractivity contribution < 1.29 is 17.6 Å². The van der Waals surface area contributed by atoms with Gasteiger partial charge in [0.2, 0.25) is 0 Å². The molecular weight excluding hydrogens is 340 g/mol. The summed E-state index contributed by atoms with van der Waals surface area (Å²) in [6.45, 7) is 2.32. The van der Waals surface area contributed by atoms with Crippen molar-refractivity contribution in [3.63, 3.8) is 0 Å². The van der Waals surface area contributed by atoms with E-state index in [1.807, 2.05) is 0 Å². The zero-order valence-electron chi connectivity index (χ0n) is 15.2. The Bertz CT molecular complexity index is 676. The van der Waals surface area contributed by atoms with Crippen molar-refractivity contribution in [3.8, 4) is 0 Å². The summed E-state index contributed by atoms with van der Waals surface area (Å²) >= 11 is 0. The van der Waals surface area contributed by atoms with E-state index in [4.69, 9.17) is 0 Å². The van der Waals surface area contributed by atoms with Crippen LogP contribution in [-0.2, 0) is 0 Å². The zero-order valence-corrected chi connectivity index (χ0v) is 15.2. The van der Waals surface area contributed by atoms with Gasteiger partial charge in [-0.15, -0.1) is 0 Å². The van der Waals surface area contributed by atoms with Gasteiger partial charge < -0.3 is 0 Å². The Labute approximate surface area is 153 Å². The maximum atomic E-state index is 14.2. The predicted octanol–water partition coefficient (Wildman–Crippen LogP) is 7.42. The fourth-order valence-corrected chi connectivity index (χ4v) is 4.28. The topological polar surface area (TPSA) is 0 Å². The summed E-state index contributed by atoms with van der Waals surface area (Å²) in [4.78, 5) is 0. The van der Waals surface area contributed by atoms with Gasteiger partial charge in [0.25, 0.3) is 0 Å². The lowest BCUT2D eigenvalue weighted by molar-refractivity contribution is -0.0790. The molecule has 0 amide bonds. The van der Waals surface area contributed by atoms with Gasteiger partial charge in [-0.3, -0.25) is 0 Å². The van der Waals surface area contributed by atoms with E-state index in [0.717, 1.165) is 42.7 Å². The molecule has 0 aromatic heterocycles. The van der Waals surface area contributed by atoms with Gasteiger partial charge in [0.05, 0.1) is 0 Å². The fraction of sp³-hybridized carbons (Fsp3) is 0.545. The van der Waals surface area contributed by atoms with Gasteiger partial charge in [-0.25, -0.2) is 4.39 Å². The number of hydrogen-bond acceptors (Lipinski definition) is 0. The van der Waals surface area contributed by atoms with Crippen molar-refractivity contribution in [1.82, 2.24) is 0 Å². The molecule has 1 atom stereocenters. The Morgan fingerprint density at radius 3 is 2.31 bits per heavy atom. The molecule has 3 rings (SSSR count). The Morgan fingerprint density at radius 2 is 1.73 bits per heavy atom. The molecule has 1 saturated carbocycles. The van der Waals surface area contributed by atoms with E-state index < -0.39 is 12.0 Å². The number of hydrogen-bond donors (Lipinski definition) is 0. The molecule has 0 saturated heterocycles. The zero-order chi connectivity index (χ0) is 18.7. The van der Waals surface area contributed by atoms with Gasteiger partial charge in [-0.2, -0.15) is 13.2 Å². The van der Waals surface area contributed by atoms with Crippen LogP contribution in [0, 0.1) is 17.7 Å². The second kappa shape index (κ2) is 7.98. The highest BCUT2D eigenvalue weighted by atomic mass is 19.4. The third kappa shape index (κ3) is 4.99. The molecule has 142 valence electrons. The minimum absolute atomic E-state index is 0.0190. The van der Waals surface area contributed by atoms with Crippen molar-refractivity contribution in [2.45, 2.75) is 64.0 Å². The van der Waals surface area contributed by atoms with E-state index in [2.05, 4.69) is 13.0 Å². The molecule has 1 aromatic rings. The molecule has 26 heavy (non-hydrogen) atoms. The quantitative estimate of drug-likeness (QED) is 0.386. The van der Waals surface area contributed by atoms with Gasteiger partial charge in [0.1, 0.15) is 5.82 Å². The molecule has 0 aliphatic heterocycles. The van der Waals surface area contributed by atoms with Gasteiger partial charge in [-0.05, 0) is 67.6 Å². The summed E-state index contributed by atoms with van der Waals surface area (Å²) in [5, 5.41) is 0. The highest BCUT2D eigenvalue weighted by Gasteiger charge is 2.25. The van der Waals surface area contributed by atoms with E-state index in [9.17, 15) is 17.6 Å². The predicted molar refractivity (Wildman–Crippen MR) is 97.3 cm³/mol. The largest absolute Gasteiger partial charge is 0.409 e. The second-order valence-electron chi connectivity index (χ2n) is 7.86. The van der Waals surface area contributed by atoms with Crippen molar-refractivity contribution in [2.75, 3.05) is 0 Å². The monoisotopic (exact) mass is 366 g/mol. The van der Waals surface area contributed by atoms with E-state index in [1.165, 1.54) is 37.8 Å². The highest BCUT2D eigenvalue weighted by molar-refractivity contribution is 5.51. The standard InChI is InChI=1S/C22H26F4/c1-15-2-4-16(5-3-15)17-6-8-18(9-7-17)20-11-10-19(21(23)14-20)12-13-22(24,25)26/h6,10-16,18H,2-5,7-9H2,1H3/b13-12+. The third-order valence-corrected chi connectivity index (χ3v) is 5.93. The smallest absolute Gasteiger partial charge is 0.206 e. The molecule has 1 unspecified atom stereocenters. The molecule has 0 N–H and O–H groups in total. The molecule has 2 aliphatic carbocycles. The van der Waals surface area contributed by atoms with Crippen molar-refractivity contribution in [1.29, 1.82) is 0 Å². The lowest BCUT2D eigenvalue weighted by atomic mass is 9.74. The Balaban J connectivity index is 1.64. The van der Waals surface area contributed by atoms with Crippen molar-refractivity contribution >= 4 is 6.08 Å². The Morgan fingerprint density at radius 1 is 1.00 bits per heavy atom. The summed E-state index contributed by atoms with van der Waals surface area (Å²) in [5.74, 6) is 1.24. The second-order valence-corrected chi connectivity index (χ2v) is 7.86. The van der Waals surface area contributed by atoms with Crippen LogP contribution in [0.5, 0.6) is 0 Å². The van der Waals surface area contributed by atoms with Crippen LogP contribution in [0.1, 0.15) is 68.9 Å². The van der Waals surface area contributed by atoms with Crippen LogP contribution in [0.2, 0.25) is 0 Å². The molecular formula is C22H26F4. The van der Waals surface area contributed by atoms with Gasteiger partial charge >= 0.3 is 6.18 Å². The number of allylic oxidation sites excluding steroid dienone is 3. The average molecular weight is 366 g/mol. The molecule has 1 aromatic carbocycles. The number of benzene rings is 1. The van der Waals surface area contributed by atoms with E-state index in [-0.39, 0.29) is 17.6 Å². The maximum Gasteiger partial charge on any atom is 0.409 e. The number of halogens is 4. The summed E-state index contributed by atoms with van der Waals surface area (Å²) in [7, 11) is 0. The first-order valence-corrected chi connectivity index (χ1v) is 9.56. The molecule has 0 spiro atoms. The van der Waals surface area contributed by atoms with Crippen molar-refractivity contribution in [2.24, 2.45) is 11.8 Å². The molecule has 0 bridgehead atoms. The van der Waals surface area contributed by atoms with E-state index in [1.54, 1.807) is 11.6 Å². The van der Waals surface area contributed by atoms with Crippen LogP contribution in [0.15, 0.2) is 35.9 Å². The van der Waals surface area contributed by atoms with Crippen LogP contribution in [0.4, 0.5) is 17.6 Å². The first-order chi connectivity index (χ1) is 12.3. The van der Waals surface area contributed by atoms with Crippen LogP contribution in [-0.4, -0.2) is 6.18 Å². The van der Waals surface area contributed by atoms with Gasteiger partial charge in [0, 0.05) is 11.6 Å². The number of rotatable bonds is 3. The normalized spacial score (nSPS) is 27.6. The molecule has 0 heterocycles. The maximum absolute atomic E-state index is 14.2. The average Bonchev–Trinajstić information content (AvgIpc) is 2.61.